The van der Waals surface area contributed by atoms with Gasteiger partial charge in [0.05, 0.1) is 22.1 Å². The molecule has 8 nitrogen and oxygen atoms in total. The summed E-state index contributed by atoms with van der Waals surface area (Å²) in [7, 11) is 0. The Morgan fingerprint density at radius 1 is 1.09 bits per heavy atom. The molecule has 2 aromatic heterocycles. The number of hydrogen-bond donors (Lipinski definition) is 3. The Bertz CT molecular complexity index is 1610. The molecule has 0 spiro atoms. The predicted molar refractivity (Wildman–Crippen MR) is 122 cm³/mol. The van der Waals surface area contributed by atoms with Crippen molar-refractivity contribution in [2.45, 2.75) is 13.3 Å². The topological polar surface area (TPSA) is 127 Å². The summed E-state index contributed by atoms with van der Waals surface area (Å²) in [4.78, 5) is 30.1. The van der Waals surface area contributed by atoms with E-state index in [1.807, 2.05) is 25.1 Å². The molecule has 0 saturated carbocycles. The van der Waals surface area contributed by atoms with Crippen LogP contribution in [0, 0.1) is 12.7 Å². The number of carbonyl (C=O) groups is 1. The van der Waals surface area contributed by atoms with Crippen molar-refractivity contribution in [3.63, 3.8) is 0 Å². The van der Waals surface area contributed by atoms with Crippen LogP contribution in [0.1, 0.15) is 16.8 Å². The second-order valence-electron chi connectivity index (χ2n) is 7.73. The quantitative estimate of drug-likeness (QED) is 0.387. The summed E-state index contributed by atoms with van der Waals surface area (Å²) in [6.45, 7) is 1.92. The molecule has 0 bridgehead atoms. The molecule has 4 N–H and O–H groups in total. The van der Waals surface area contributed by atoms with E-state index in [0.29, 0.717) is 39.7 Å². The van der Waals surface area contributed by atoms with E-state index >= 15 is 0 Å². The molecule has 164 valence electrons. The molecule has 33 heavy (non-hydrogen) atoms. The van der Waals surface area contributed by atoms with Crippen molar-refractivity contribution in [3.05, 3.63) is 87.6 Å². The number of H-pyrrole nitrogens is 2. The first-order valence-electron chi connectivity index (χ1n) is 10.1. The molecule has 0 saturated heterocycles. The van der Waals surface area contributed by atoms with E-state index < -0.39 is 6.09 Å². The molecular formula is C24H18FN5O3. The summed E-state index contributed by atoms with van der Waals surface area (Å²) in [6.07, 6.45) is -0.571. The zero-order valence-corrected chi connectivity index (χ0v) is 17.5. The number of nitrogens with two attached hydrogens (primary N) is 1. The highest BCUT2D eigenvalue weighted by Gasteiger charge is 2.13. The maximum absolute atomic E-state index is 14.7. The fourth-order valence-electron chi connectivity index (χ4n) is 3.87. The molecule has 3 aromatic carbocycles. The molecule has 0 atom stereocenters. The molecule has 5 rings (SSSR count). The highest BCUT2D eigenvalue weighted by Crippen LogP contribution is 2.29. The zero-order chi connectivity index (χ0) is 23.1. The Morgan fingerprint density at radius 3 is 2.76 bits per heavy atom. The van der Waals surface area contributed by atoms with E-state index in [4.69, 9.17) is 10.5 Å². The molecule has 0 unspecified atom stereocenters. The first-order chi connectivity index (χ1) is 15.9. The van der Waals surface area contributed by atoms with Crippen LogP contribution in [0.5, 0.6) is 6.01 Å². The minimum atomic E-state index is -0.980. The summed E-state index contributed by atoms with van der Waals surface area (Å²) >= 11 is 0. The molecule has 0 aliphatic carbocycles. The van der Waals surface area contributed by atoms with Gasteiger partial charge in [-0.25, -0.2) is 14.3 Å². The number of benzene rings is 3. The maximum atomic E-state index is 14.7. The lowest BCUT2D eigenvalue weighted by Gasteiger charge is -2.09. The van der Waals surface area contributed by atoms with Crippen LogP contribution in [0.4, 0.5) is 9.18 Å². The zero-order valence-electron chi connectivity index (χ0n) is 17.5. The molecule has 0 fully saturated rings. The number of aromatic nitrogens is 4. The van der Waals surface area contributed by atoms with Gasteiger partial charge in [0.1, 0.15) is 5.82 Å². The second kappa shape index (κ2) is 7.86. The monoisotopic (exact) mass is 443 g/mol. The number of ether oxygens (including phenoxy) is 1. The standard InChI is InChI=1S/C24H18FN5O3/c1-12-2-5-15-17(8-12)22(31)30-29-20(15)10-13-3-6-18(25)16(9-13)14-4-7-19-21(11-14)28-24(27-19)33-23(26)32/h2-9,11H,10H2,1H3,(H2,26,32)(H,27,28)(H,30,31). The van der Waals surface area contributed by atoms with Gasteiger partial charge in [0.25, 0.3) is 5.56 Å². The van der Waals surface area contributed by atoms with Crippen molar-refractivity contribution in [2.75, 3.05) is 0 Å². The van der Waals surface area contributed by atoms with Crippen LogP contribution in [-0.4, -0.2) is 26.3 Å². The third-order valence-electron chi connectivity index (χ3n) is 5.39. The number of carbonyl (C=O) groups excluding carboxylic acids is 1. The third kappa shape index (κ3) is 3.91. The number of amides is 1. The van der Waals surface area contributed by atoms with Crippen molar-refractivity contribution in [1.82, 2.24) is 20.2 Å². The number of hydrogen-bond acceptors (Lipinski definition) is 5. The molecular weight excluding hydrogens is 425 g/mol. The lowest BCUT2D eigenvalue weighted by molar-refractivity contribution is 0.207. The number of fused-ring (bicyclic) bond motifs is 2. The first-order valence-corrected chi connectivity index (χ1v) is 10.1. The Hall–Kier alpha value is -4.53. The molecule has 1 amide bonds. The van der Waals surface area contributed by atoms with Crippen LogP contribution in [-0.2, 0) is 6.42 Å². The number of aromatic amines is 2. The van der Waals surface area contributed by atoms with Gasteiger partial charge < -0.3 is 15.5 Å². The Kier molecular flexibility index (Phi) is 4.86. The van der Waals surface area contributed by atoms with E-state index in [-0.39, 0.29) is 17.4 Å². The number of nitrogens with one attached hydrogen (secondary N) is 2. The van der Waals surface area contributed by atoms with Gasteiger partial charge in [-0.2, -0.15) is 10.1 Å². The van der Waals surface area contributed by atoms with Crippen LogP contribution < -0.4 is 16.0 Å². The maximum Gasteiger partial charge on any atom is 0.412 e. The van der Waals surface area contributed by atoms with E-state index in [1.54, 1.807) is 30.3 Å². The lowest BCUT2D eigenvalue weighted by atomic mass is 9.98. The van der Waals surface area contributed by atoms with Gasteiger partial charge in [0.15, 0.2) is 0 Å². The summed E-state index contributed by atoms with van der Waals surface area (Å²) in [5.41, 5.74) is 9.40. The molecule has 5 aromatic rings. The van der Waals surface area contributed by atoms with E-state index in [1.165, 1.54) is 6.07 Å². The number of nitrogens with zero attached hydrogens (tertiary/aromatic N) is 2. The van der Waals surface area contributed by atoms with Gasteiger partial charge in [0, 0.05) is 17.4 Å². The third-order valence-corrected chi connectivity index (χ3v) is 5.39. The highest BCUT2D eigenvalue weighted by molar-refractivity contribution is 5.85. The van der Waals surface area contributed by atoms with Crippen LogP contribution >= 0.6 is 0 Å². The van der Waals surface area contributed by atoms with Gasteiger partial charge in [0.2, 0.25) is 0 Å². The minimum absolute atomic E-state index is 0.0323. The average molecular weight is 443 g/mol. The first kappa shape index (κ1) is 20.4. The summed E-state index contributed by atoms with van der Waals surface area (Å²) in [5, 5.41) is 8.11. The summed E-state index contributed by atoms with van der Waals surface area (Å²) < 4.78 is 19.5. The smallest absolute Gasteiger partial charge is 0.376 e. The fourth-order valence-corrected chi connectivity index (χ4v) is 3.87. The molecule has 0 aliphatic rings. The highest BCUT2D eigenvalue weighted by atomic mass is 19.1. The molecule has 2 heterocycles. The van der Waals surface area contributed by atoms with E-state index in [9.17, 15) is 14.0 Å². The average Bonchev–Trinajstić information content (AvgIpc) is 3.17. The van der Waals surface area contributed by atoms with Gasteiger partial charge in [-0.15, -0.1) is 0 Å². The van der Waals surface area contributed by atoms with Gasteiger partial charge in [-0.3, -0.25) is 4.79 Å². The lowest BCUT2D eigenvalue weighted by Crippen LogP contribution is -2.16. The Labute approximate surface area is 186 Å². The molecule has 9 heteroatoms. The number of aryl methyl sites for hydroxylation is 1. The van der Waals surface area contributed by atoms with E-state index in [0.717, 1.165) is 16.5 Å². The number of halogens is 1. The normalized spacial score (nSPS) is 11.2. The van der Waals surface area contributed by atoms with Crippen molar-refractivity contribution in [1.29, 1.82) is 0 Å². The Morgan fingerprint density at radius 2 is 1.94 bits per heavy atom. The number of primary amides is 1. The second-order valence-corrected chi connectivity index (χ2v) is 7.73. The van der Waals surface area contributed by atoms with Gasteiger partial charge in [-0.1, -0.05) is 29.8 Å². The molecule has 0 radical (unpaired) electrons. The van der Waals surface area contributed by atoms with Crippen molar-refractivity contribution in [2.24, 2.45) is 5.73 Å². The van der Waals surface area contributed by atoms with Crippen molar-refractivity contribution >= 4 is 27.9 Å². The predicted octanol–water partition coefficient (Wildman–Crippen LogP) is 3.96. The van der Waals surface area contributed by atoms with Gasteiger partial charge >= 0.3 is 12.1 Å². The Balaban J connectivity index is 1.53. The summed E-state index contributed by atoms with van der Waals surface area (Å²) in [5.74, 6) is -0.388. The summed E-state index contributed by atoms with van der Waals surface area (Å²) in [6, 6.07) is 15.6. The molecule has 0 aliphatic heterocycles. The van der Waals surface area contributed by atoms with Crippen LogP contribution in [0.15, 0.2) is 59.4 Å². The van der Waals surface area contributed by atoms with Crippen LogP contribution in [0.3, 0.4) is 0 Å². The largest absolute Gasteiger partial charge is 0.412 e. The number of rotatable bonds is 4. The fraction of sp³-hybridized carbons (Fsp3) is 0.0833. The van der Waals surface area contributed by atoms with Crippen LogP contribution in [0.2, 0.25) is 0 Å². The van der Waals surface area contributed by atoms with Crippen molar-refractivity contribution in [3.8, 4) is 17.1 Å². The minimum Gasteiger partial charge on any atom is -0.376 e. The SMILES string of the molecule is Cc1ccc2c(Cc3ccc(F)c(-c4ccc5nc(OC(N)=O)[nH]c5c4)c3)n[nH]c(=O)c2c1. The van der Waals surface area contributed by atoms with Crippen LogP contribution in [0.25, 0.3) is 32.9 Å². The van der Waals surface area contributed by atoms with E-state index in [2.05, 4.69) is 20.2 Å². The van der Waals surface area contributed by atoms with Crippen molar-refractivity contribution < 1.29 is 13.9 Å². The number of imidazole rings is 1. The van der Waals surface area contributed by atoms with Gasteiger partial charge in [-0.05, 0) is 48.4 Å².